The van der Waals surface area contributed by atoms with E-state index in [4.69, 9.17) is 4.74 Å². The lowest BCUT2D eigenvalue weighted by Gasteiger charge is -2.22. The van der Waals surface area contributed by atoms with Crippen LogP contribution in [0.15, 0.2) is 6.20 Å². The van der Waals surface area contributed by atoms with Crippen LogP contribution in [0.3, 0.4) is 0 Å². The largest absolute Gasteiger partial charge is 0.383 e. The molecule has 2 atom stereocenters. The molecule has 1 aliphatic rings. The van der Waals surface area contributed by atoms with Crippen LogP contribution < -0.4 is 5.32 Å². The zero-order valence-electron chi connectivity index (χ0n) is 10.3. The second kappa shape index (κ2) is 4.97. The Morgan fingerprint density at radius 3 is 2.88 bits per heavy atom. The first-order valence-electron chi connectivity index (χ1n) is 5.97. The van der Waals surface area contributed by atoms with Crippen LogP contribution in [-0.4, -0.2) is 30.0 Å². The number of hydrogen-bond donors (Lipinski definition) is 2. The smallest absolute Gasteiger partial charge is 0.0618 e. The van der Waals surface area contributed by atoms with Gasteiger partial charge in [-0.15, -0.1) is 0 Å². The normalized spacial score (nSPS) is 19.7. The monoisotopic (exact) mass is 223 g/mol. The Kier molecular flexibility index (Phi) is 3.61. The number of H-pyrrole nitrogens is 1. The van der Waals surface area contributed by atoms with Gasteiger partial charge in [0.1, 0.15) is 0 Å². The van der Waals surface area contributed by atoms with E-state index >= 15 is 0 Å². The molecule has 1 aromatic rings. The summed E-state index contributed by atoms with van der Waals surface area (Å²) in [4.78, 5) is 0. The average molecular weight is 223 g/mol. The SMILES string of the molecule is COCC(NC(C)c1cn[nH]c1C)C1CC1. The van der Waals surface area contributed by atoms with Gasteiger partial charge in [0.15, 0.2) is 0 Å². The summed E-state index contributed by atoms with van der Waals surface area (Å²) in [5.41, 5.74) is 2.40. The van der Waals surface area contributed by atoms with Crippen LogP contribution in [0, 0.1) is 12.8 Å². The lowest BCUT2D eigenvalue weighted by molar-refractivity contribution is 0.152. The van der Waals surface area contributed by atoms with Crippen molar-refractivity contribution in [1.29, 1.82) is 0 Å². The van der Waals surface area contributed by atoms with Crippen LogP contribution >= 0.6 is 0 Å². The Bertz CT molecular complexity index is 333. The van der Waals surface area contributed by atoms with E-state index in [1.807, 2.05) is 6.20 Å². The van der Waals surface area contributed by atoms with Gasteiger partial charge in [-0.3, -0.25) is 5.10 Å². The highest BCUT2D eigenvalue weighted by atomic mass is 16.5. The number of aromatic amines is 1. The second-order valence-electron chi connectivity index (χ2n) is 4.74. The van der Waals surface area contributed by atoms with E-state index in [9.17, 15) is 0 Å². The zero-order valence-corrected chi connectivity index (χ0v) is 10.3. The van der Waals surface area contributed by atoms with Crippen LogP contribution in [0.2, 0.25) is 0 Å². The molecule has 4 heteroatoms. The fraction of sp³-hybridized carbons (Fsp3) is 0.750. The summed E-state index contributed by atoms with van der Waals surface area (Å²) >= 11 is 0. The molecule has 0 spiro atoms. The number of nitrogens with zero attached hydrogens (tertiary/aromatic N) is 1. The van der Waals surface area contributed by atoms with Crippen LogP contribution in [0.4, 0.5) is 0 Å². The van der Waals surface area contributed by atoms with E-state index < -0.39 is 0 Å². The van der Waals surface area contributed by atoms with Gasteiger partial charge in [0.25, 0.3) is 0 Å². The first-order valence-corrected chi connectivity index (χ1v) is 5.97. The predicted molar refractivity (Wildman–Crippen MR) is 63.3 cm³/mol. The van der Waals surface area contributed by atoms with E-state index in [0.29, 0.717) is 12.1 Å². The molecular weight excluding hydrogens is 202 g/mol. The van der Waals surface area contributed by atoms with Crippen LogP contribution in [0.1, 0.15) is 37.1 Å². The van der Waals surface area contributed by atoms with E-state index in [-0.39, 0.29) is 0 Å². The quantitative estimate of drug-likeness (QED) is 0.773. The standard InChI is InChI=1S/C12H21N3O/c1-8(11-6-13-15-9(11)2)14-12(7-16-3)10-4-5-10/h6,8,10,12,14H,4-5,7H2,1-3H3,(H,13,15). The Labute approximate surface area is 96.8 Å². The summed E-state index contributed by atoms with van der Waals surface area (Å²) in [6.45, 7) is 5.04. The molecule has 0 bridgehead atoms. The molecule has 1 aromatic heterocycles. The van der Waals surface area contributed by atoms with Gasteiger partial charge in [0, 0.05) is 30.5 Å². The maximum Gasteiger partial charge on any atom is 0.0618 e. The zero-order chi connectivity index (χ0) is 11.5. The third-order valence-electron chi connectivity index (χ3n) is 3.34. The van der Waals surface area contributed by atoms with E-state index in [1.54, 1.807) is 7.11 Å². The topological polar surface area (TPSA) is 49.9 Å². The molecular formula is C12H21N3O. The number of ether oxygens (including phenoxy) is 1. The first-order chi connectivity index (χ1) is 7.72. The molecule has 2 N–H and O–H groups in total. The molecule has 90 valence electrons. The summed E-state index contributed by atoms with van der Waals surface area (Å²) in [6, 6.07) is 0.814. The van der Waals surface area contributed by atoms with Gasteiger partial charge in [-0.1, -0.05) is 0 Å². The molecule has 2 unspecified atom stereocenters. The lowest BCUT2D eigenvalue weighted by atomic mass is 10.1. The molecule has 0 aliphatic heterocycles. The Morgan fingerprint density at radius 2 is 2.38 bits per heavy atom. The number of hydrogen-bond acceptors (Lipinski definition) is 3. The molecule has 1 fully saturated rings. The minimum absolute atomic E-state index is 0.333. The van der Waals surface area contributed by atoms with Gasteiger partial charge in [-0.25, -0.2) is 0 Å². The first kappa shape index (κ1) is 11.6. The third-order valence-corrected chi connectivity index (χ3v) is 3.34. The fourth-order valence-electron chi connectivity index (χ4n) is 2.21. The number of aromatic nitrogens is 2. The fourth-order valence-corrected chi connectivity index (χ4v) is 2.21. The van der Waals surface area contributed by atoms with Crippen molar-refractivity contribution in [1.82, 2.24) is 15.5 Å². The Hall–Kier alpha value is -0.870. The van der Waals surface area contributed by atoms with Gasteiger partial charge in [0.2, 0.25) is 0 Å². The van der Waals surface area contributed by atoms with Crippen LogP contribution in [0.25, 0.3) is 0 Å². The third kappa shape index (κ3) is 2.62. The molecule has 4 nitrogen and oxygen atoms in total. The molecule has 0 saturated heterocycles. The van der Waals surface area contributed by atoms with Crippen molar-refractivity contribution in [3.63, 3.8) is 0 Å². The summed E-state index contributed by atoms with van der Waals surface area (Å²) in [7, 11) is 1.77. The van der Waals surface area contributed by atoms with Gasteiger partial charge < -0.3 is 10.1 Å². The van der Waals surface area contributed by atoms with Crippen molar-refractivity contribution >= 4 is 0 Å². The van der Waals surface area contributed by atoms with Gasteiger partial charge in [-0.2, -0.15) is 5.10 Å². The highest BCUT2D eigenvalue weighted by Gasteiger charge is 2.32. The van der Waals surface area contributed by atoms with E-state index in [1.165, 1.54) is 18.4 Å². The van der Waals surface area contributed by atoms with Crippen molar-refractivity contribution in [2.75, 3.05) is 13.7 Å². The maximum absolute atomic E-state index is 5.27. The van der Waals surface area contributed by atoms with Crippen LogP contribution in [0.5, 0.6) is 0 Å². The van der Waals surface area contributed by atoms with Gasteiger partial charge >= 0.3 is 0 Å². The minimum Gasteiger partial charge on any atom is -0.383 e. The lowest BCUT2D eigenvalue weighted by Crippen LogP contribution is -2.37. The Morgan fingerprint density at radius 1 is 1.62 bits per heavy atom. The number of methoxy groups -OCH3 is 1. The summed E-state index contributed by atoms with van der Waals surface area (Å²) in [5, 5.41) is 10.7. The molecule has 1 aliphatic carbocycles. The highest BCUT2D eigenvalue weighted by molar-refractivity contribution is 5.18. The van der Waals surface area contributed by atoms with E-state index in [0.717, 1.165) is 18.2 Å². The minimum atomic E-state index is 0.333. The molecule has 16 heavy (non-hydrogen) atoms. The molecule has 0 radical (unpaired) electrons. The number of rotatable bonds is 6. The van der Waals surface area contributed by atoms with Crippen molar-refractivity contribution < 1.29 is 4.74 Å². The molecule has 0 amide bonds. The number of nitrogens with one attached hydrogen (secondary N) is 2. The maximum atomic E-state index is 5.27. The molecule has 1 heterocycles. The average Bonchev–Trinajstić information content (AvgIpc) is 3.00. The highest BCUT2D eigenvalue weighted by Crippen LogP contribution is 2.34. The van der Waals surface area contributed by atoms with Crippen molar-refractivity contribution in [3.05, 3.63) is 17.5 Å². The molecule has 0 aromatic carbocycles. The predicted octanol–water partition coefficient (Wildman–Crippen LogP) is 1.79. The summed E-state index contributed by atoms with van der Waals surface area (Å²) < 4.78 is 5.27. The van der Waals surface area contributed by atoms with Crippen LogP contribution in [-0.2, 0) is 4.74 Å². The second-order valence-corrected chi connectivity index (χ2v) is 4.74. The van der Waals surface area contributed by atoms with Crippen molar-refractivity contribution in [2.24, 2.45) is 5.92 Å². The summed E-state index contributed by atoms with van der Waals surface area (Å²) in [5.74, 6) is 0.801. The van der Waals surface area contributed by atoms with Crippen molar-refractivity contribution in [2.45, 2.75) is 38.8 Å². The molecule has 1 saturated carbocycles. The number of aryl methyl sites for hydroxylation is 1. The Balaban J connectivity index is 1.94. The molecule has 2 rings (SSSR count). The van der Waals surface area contributed by atoms with E-state index in [2.05, 4.69) is 29.4 Å². The van der Waals surface area contributed by atoms with Gasteiger partial charge in [0.05, 0.1) is 12.8 Å². The van der Waals surface area contributed by atoms with Crippen molar-refractivity contribution in [3.8, 4) is 0 Å². The van der Waals surface area contributed by atoms with Gasteiger partial charge in [-0.05, 0) is 32.6 Å². The summed E-state index contributed by atoms with van der Waals surface area (Å²) in [6.07, 6.45) is 4.57.